The fourth-order valence-electron chi connectivity index (χ4n) is 2.86. The fraction of sp³-hybridized carbons (Fsp3) is 0.364. The minimum absolute atomic E-state index is 0.0597. The summed E-state index contributed by atoms with van der Waals surface area (Å²) in [7, 11) is 1.60. The van der Waals surface area contributed by atoms with E-state index in [0.29, 0.717) is 29.4 Å². The van der Waals surface area contributed by atoms with Crippen molar-refractivity contribution in [3.05, 3.63) is 63.6 Å². The lowest BCUT2D eigenvalue weighted by Crippen LogP contribution is -2.47. The molecule has 0 heterocycles. The minimum Gasteiger partial charge on any atom is -0.497 e. The van der Waals surface area contributed by atoms with E-state index in [2.05, 4.69) is 5.32 Å². The van der Waals surface area contributed by atoms with Gasteiger partial charge in [-0.25, -0.2) is 0 Å². The first kappa shape index (κ1) is 23.0. The van der Waals surface area contributed by atoms with Gasteiger partial charge in [0.05, 0.1) is 7.11 Å². The van der Waals surface area contributed by atoms with E-state index >= 15 is 0 Å². The number of rotatable bonds is 9. The topological polar surface area (TPSA) is 58.6 Å². The van der Waals surface area contributed by atoms with E-state index in [1.807, 2.05) is 31.2 Å². The number of hydrogen-bond acceptors (Lipinski definition) is 3. The number of carbonyl (C=O) groups is 2. The summed E-state index contributed by atoms with van der Waals surface area (Å²) in [6, 6.07) is 12.0. The summed E-state index contributed by atoms with van der Waals surface area (Å²) in [5.41, 5.74) is 1.69. The highest BCUT2D eigenvalue weighted by molar-refractivity contribution is 6.35. The minimum atomic E-state index is -0.623. The Kier molecular flexibility index (Phi) is 8.80. The monoisotopic (exact) mass is 436 g/mol. The Bertz CT molecular complexity index is 840. The first-order chi connectivity index (χ1) is 13.8. The Balaban J connectivity index is 2.09. The molecule has 29 heavy (non-hydrogen) atoms. The summed E-state index contributed by atoms with van der Waals surface area (Å²) in [5.74, 6) is 0.440. The van der Waals surface area contributed by atoms with Gasteiger partial charge in [0.1, 0.15) is 11.8 Å². The van der Waals surface area contributed by atoms with Crippen LogP contribution in [0.3, 0.4) is 0 Å². The largest absolute Gasteiger partial charge is 0.497 e. The molecule has 0 aliphatic carbocycles. The zero-order valence-corrected chi connectivity index (χ0v) is 18.4. The number of ether oxygens (including phenoxy) is 1. The normalized spacial score (nSPS) is 11.6. The lowest BCUT2D eigenvalue weighted by Gasteiger charge is -2.29. The van der Waals surface area contributed by atoms with E-state index in [1.165, 1.54) is 0 Å². The van der Waals surface area contributed by atoms with Gasteiger partial charge < -0.3 is 15.0 Å². The molecule has 0 spiro atoms. The summed E-state index contributed by atoms with van der Waals surface area (Å²) in [6.07, 6.45) is 1.10. The van der Waals surface area contributed by atoms with Crippen LogP contribution in [0.25, 0.3) is 0 Å². The summed E-state index contributed by atoms with van der Waals surface area (Å²) >= 11 is 12.1. The molecule has 0 fully saturated rings. The average molecular weight is 437 g/mol. The first-order valence-corrected chi connectivity index (χ1v) is 10.2. The second-order valence-corrected chi connectivity index (χ2v) is 7.59. The zero-order valence-electron chi connectivity index (χ0n) is 16.9. The van der Waals surface area contributed by atoms with Crippen LogP contribution in [-0.2, 0) is 22.7 Å². The van der Waals surface area contributed by atoms with Crippen molar-refractivity contribution in [2.24, 2.45) is 0 Å². The standard InChI is InChI=1S/C22H26Cl2N2O3/c1-4-5-21(27)26(14-16-6-10-19(29-3)11-7-16)15(2)22(28)25-13-17-8-9-18(23)12-20(17)24/h6-12,15H,4-5,13-14H2,1-3H3,(H,25,28)/t15-/m1/s1. The number of nitrogens with zero attached hydrogens (tertiary/aromatic N) is 1. The fourth-order valence-corrected chi connectivity index (χ4v) is 3.34. The van der Waals surface area contributed by atoms with E-state index in [-0.39, 0.29) is 18.4 Å². The van der Waals surface area contributed by atoms with Crippen LogP contribution in [-0.4, -0.2) is 29.9 Å². The Labute approximate surface area is 181 Å². The maximum Gasteiger partial charge on any atom is 0.242 e. The summed E-state index contributed by atoms with van der Waals surface area (Å²) in [4.78, 5) is 27.0. The Morgan fingerprint density at radius 2 is 1.83 bits per heavy atom. The third-order valence-corrected chi connectivity index (χ3v) is 5.20. The molecular formula is C22H26Cl2N2O3. The lowest BCUT2D eigenvalue weighted by atomic mass is 10.1. The lowest BCUT2D eigenvalue weighted by molar-refractivity contribution is -0.140. The van der Waals surface area contributed by atoms with Gasteiger partial charge in [0.2, 0.25) is 11.8 Å². The molecule has 0 saturated heterocycles. The van der Waals surface area contributed by atoms with Crippen molar-refractivity contribution < 1.29 is 14.3 Å². The molecule has 0 bridgehead atoms. The highest BCUT2D eigenvalue weighted by atomic mass is 35.5. The summed E-state index contributed by atoms with van der Waals surface area (Å²) in [6.45, 7) is 4.28. The Morgan fingerprint density at radius 1 is 1.14 bits per heavy atom. The van der Waals surface area contributed by atoms with Crippen molar-refractivity contribution in [3.8, 4) is 5.75 Å². The van der Waals surface area contributed by atoms with Crippen molar-refractivity contribution in [2.75, 3.05) is 7.11 Å². The molecule has 2 aromatic rings. The van der Waals surface area contributed by atoms with E-state index in [0.717, 1.165) is 16.9 Å². The van der Waals surface area contributed by atoms with Crippen LogP contribution in [0.5, 0.6) is 5.75 Å². The third-order valence-electron chi connectivity index (χ3n) is 4.61. The molecule has 2 aromatic carbocycles. The van der Waals surface area contributed by atoms with Gasteiger partial charge in [0.25, 0.3) is 0 Å². The second-order valence-electron chi connectivity index (χ2n) is 6.75. The molecule has 0 aromatic heterocycles. The highest BCUT2D eigenvalue weighted by Gasteiger charge is 2.25. The van der Waals surface area contributed by atoms with Gasteiger partial charge in [-0.1, -0.05) is 48.3 Å². The Hall–Kier alpha value is -2.24. The van der Waals surface area contributed by atoms with Gasteiger partial charge in [0, 0.05) is 29.6 Å². The van der Waals surface area contributed by atoms with E-state index < -0.39 is 6.04 Å². The molecule has 0 aliphatic heterocycles. The summed E-state index contributed by atoms with van der Waals surface area (Å²) in [5, 5.41) is 3.89. The number of methoxy groups -OCH3 is 1. The summed E-state index contributed by atoms with van der Waals surface area (Å²) < 4.78 is 5.17. The van der Waals surface area contributed by atoms with E-state index in [9.17, 15) is 9.59 Å². The molecule has 1 N–H and O–H groups in total. The molecule has 5 nitrogen and oxygen atoms in total. The van der Waals surface area contributed by atoms with Crippen molar-refractivity contribution in [2.45, 2.75) is 45.8 Å². The molecule has 2 amide bonds. The Morgan fingerprint density at radius 3 is 2.41 bits per heavy atom. The molecule has 0 radical (unpaired) electrons. The van der Waals surface area contributed by atoms with Gasteiger partial charge >= 0.3 is 0 Å². The maximum atomic E-state index is 12.7. The van der Waals surface area contributed by atoms with Crippen molar-refractivity contribution in [1.82, 2.24) is 10.2 Å². The predicted molar refractivity (Wildman–Crippen MR) is 116 cm³/mol. The van der Waals surface area contributed by atoms with Gasteiger partial charge in [0.15, 0.2) is 0 Å². The first-order valence-electron chi connectivity index (χ1n) is 9.49. The van der Waals surface area contributed by atoms with Crippen LogP contribution in [0.4, 0.5) is 0 Å². The SMILES string of the molecule is CCCC(=O)N(Cc1ccc(OC)cc1)[C@H](C)C(=O)NCc1ccc(Cl)cc1Cl. The van der Waals surface area contributed by atoms with Crippen LogP contribution < -0.4 is 10.1 Å². The van der Waals surface area contributed by atoms with E-state index in [4.69, 9.17) is 27.9 Å². The molecule has 0 saturated carbocycles. The molecular weight excluding hydrogens is 411 g/mol. The van der Waals surface area contributed by atoms with Crippen LogP contribution in [0.15, 0.2) is 42.5 Å². The smallest absolute Gasteiger partial charge is 0.242 e. The number of carbonyl (C=O) groups excluding carboxylic acids is 2. The van der Waals surface area contributed by atoms with Crippen LogP contribution in [0.1, 0.15) is 37.8 Å². The van der Waals surface area contributed by atoms with E-state index in [1.54, 1.807) is 37.1 Å². The highest BCUT2D eigenvalue weighted by Crippen LogP contribution is 2.21. The number of amides is 2. The van der Waals surface area contributed by atoms with Gasteiger partial charge in [-0.2, -0.15) is 0 Å². The molecule has 0 unspecified atom stereocenters. The molecule has 2 rings (SSSR count). The number of halogens is 2. The van der Waals surface area contributed by atoms with Crippen molar-refractivity contribution in [1.29, 1.82) is 0 Å². The maximum absolute atomic E-state index is 12.7. The average Bonchev–Trinajstić information content (AvgIpc) is 2.71. The van der Waals surface area contributed by atoms with Gasteiger partial charge in [-0.3, -0.25) is 9.59 Å². The van der Waals surface area contributed by atoms with Crippen LogP contribution in [0.2, 0.25) is 10.0 Å². The zero-order chi connectivity index (χ0) is 21.4. The van der Waals surface area contributed by atoms with Crippen LogP contribution >= 0.6 is 23.2 Å². The number of nitrogens with one attached hydrogen (secondary N) is 1. The third kappa shape index (κ3) is 6.65. The molecule has 0 aliphatic rings. The van der Waals surface area contributed by atoms with Gasteiger partial charge in [-0.15, -0.1) is 0 Å². The van der Waals surface area contributed by atoms with Gasteiger partial charge in [-0.05, 0) is 48.7 Å². The molecule has 156 valence electrons. The number of hydrogen-bond donors (Lipinski definition) is 1. The number of benzene rings is 2. The van der Waals surface area contributed by atoms with Crippen LogP contribution in [0, 0.1) is 0 Å². The second kappa shape index (κ2) is 11.1. The van der Waals surface area contributed by atoms with Crippen molar-refractivity contribution in [3.63, 3.8) is 0 Å². The van der Waals surface area contributed by atoms with Crippen molar-refractivity contribution >= 4 is 35.0 Å². The molecule has 7 heteroatoms. The quantitative estimate of drug-likeness (QED) is 0.611. The molecule has 1 atom stereocenters. The predicted octanol–water partition coefficient (Wildman–Crippen LogP) is 4.84.